The van der Waals surface area contributed by atoms with Crippen molar-refractivity contribution in [3.05, 3.63) is 48.0 Å². The summed E-state index contributed by atoms with van der Waals surface area (Å²) in [6, 6.07) is 5.55. The van der Waals surface area contributed by atoms with Gasteiger partial charge in [0.25, 0.3) is 0 Å². The molecule has 5 nitrogen and oxygen atoms in total. The minimum atomic E-state index is 0.0885. The second kappa shape index (κ2) is 7.51. The van der Waals surface area contributed by atoms with E-state index >= 15 is 0 Å². The first-order valence-corrected chi connectivity index (χ1v) is 8.39. The molecule has 0 saturated carbocycles. The van der Waals surface area contributed by atoms with Crippen LogP contribution in [0, 0.1) is 12.8 Å². The fourth-order valence-electron chi connectivity index (χ4n) is 3.24. The number of ketones is 1. The lowest BCUT2D eigenvalue weighted by Gasteiger charge is -2.31. The van der Waals surface area contributed by atoms with Gasteiger partial charge < -0.3 is 4.90 Å². The second-order valence-electron chi connectivity index (χ2n) is 6.35. The molecule has 1 atom stereocenters. The van der Waals surface area contributed by atoms with Gasteiger partial charge in [-0.1, -0.05) is 6.07 Å². The molecule has 3 rings (SSSR count). The molecule has 0 N–H and O–H groups in total. The summed E-state index contributed by atoms with van der Waals surface area (Å²) in [4.78, 5) is 19.2. The molecule has 122 valence electrons. The van der Waals surface area contributed by atoms with E-state index in [0.717, 1.165) is 45.4 Å². The van der Waals surface area contributed by atoms with E-state index in [4.69, 9.17) is 0 Å². The molecule has 0 aliphatic carbocycles. The summed E-state index contributed by atoms with van der Waals surface area (Å²) in [6.07, 6.45) is 8.78. The topological polar surface area (TPSA) is 51.0 Å². The maximum Gasteiger partial charge on any atom is 0.185 e. The Hall–Kier alpha value is -2.01. The highest BCUT2D eigenvalue weighted by atomic mass is 16.1. The largest absolute Gasteiger partial charge is 0.303 e. The van der Waals surface area contributed by atoms with Crippen LogP contribution < -0.4 is 0 Å². The van der Waals surface area contributed by atoms with Crippen molar-refractivity contribution < 1.29 is 4.79 Å². The molecule has 3 heterocycles. The molecule has 2 aromatic rings. The zero-order valence-corrected chi connectivity index (χ0v) is 13.7. The lowest BCUT2D eigenvalue weighted by Crippen LogP contribution is -2.39. The van der Waals surface area contributed by atoms with Crippen molar-refractivity contribution in [2.45, 2.75) is 32.7 Å². The Morgan fingerprint density at radius 3 is 3.00 bits per heavy atom. The molecule has 0 bridgehead atoms. The summed E-state index contributed by atoms with van der Waals surface area (Å²) in [5, 5.41) is 4.32. The molecule has 0 spiro atoms. The second-order valence-corrected chi connectivity index (χ2v) is 6.35. The highest BCUT2D eigenvalue weighted by Gasteiger charge is 2.26. The average molecular weight is 312 g/mol. The Labute approximate surface area is 137 Å². The van der Waals surface area contributed by atoms with Crippen LogP contribution in [0.25, 0.3) is 0 Å². The Balaban J connectivity index is 1.49. The van der Waals surface area contributed by atoms with Gasteiger partial charge in [0.2, 0.25) is 0 Å². The Bertz CT molecular complexity index is 637. The summed E-state index contributed by atoms with van der Waals surface area (Å²) >= 11 is 0. The van der Waals surface area contributed by atoms with Gasteiger partial charge in [-0.3, -0.25) is 14.5 Å². The number of carbonyl (C=O) groups is 1. The zero-order valence-electron chi connectivity index (χ0n) is 13.7. The molecular weight excluding hydrogens is 288 g/mol. The van der Waals surface area contributed by atoms with Crippen molar-refractivity contribution in [1.29, 1.82) is 0 Å². The number of nitrogens with zero attached hydrogens (tertiary/aromatic N) is 4. The van der Waals surface area contributed by atoms with Crippen molar-refractivity contribution >= 4 is 5.78 Å². The standard InChI is InChI=1S/C18H24N4O/c1-15-12-20-22(13-15)11-5-10-21-9-4-6-16(14-21)18(23)17-7-2-3-8-19-17/h2-3,7-8,12-13,16H,4-6,9-11,14H2,1H3. The van der Waals surface area contributed by atoms with Crippen LogP contribution >= 0.6 is 0 Å². The molecule has 1 unspecified atom stereocenters. The summed E-state index contributed by atoms with van der Waals surface area (Å²) in [7, 11) is 0. The van der Waals surface area contributed by atoms with E-state index in [1.54, 1.807) is 6.20 Å². The molecule has 1 fully saturated rings. The van der Waals surface area contributed by atoms with Gasteiger partial charge >= 0.3 is 0 Å². The predicted octanol–water partition coefficient (Wildman–Crippen LogP) is 2.57. The number of hydrogen-bond acceptors (Lipinski definition) is 4. The van der Waals surface area contributed by atoms with Gasteiger partial charge in [0.05, 0.1) is 6.20 Å². The van der Waals surface area contributed by atoms with Crippen molar-refractivity contribution in [2.24, 2.45) is 5.92 Å². The minimum absolute atomic E-state index is 0.0885. The molecule has 1 aliphatic heterocycles. The molecule has 1 saturated heterocycles. The SMILES string of the molecule is Cc1cnn(CCCN2CCCC(C(=O)c3ccccn3)C2)c1. The molecule has 1 aliphatic rings. The fraction of sp³-hybridized carbons (Fsp3) is 0.500. The molecule has 0 aromatic carbocycles. The zero-order chi connectivity index (χ0) is 16.1. The van der Waals surface area contributed by atoms with Gasteiger partial charge in [-0.15, -0.1) is 0 Å². The number of hydrogen-bond donors (Lipinski definition) is 0. The summed E-state index contributed by atoms with van der Waals surface area (Å²) in [6.45, 7) is 5.95. The van der Waals surface area contributed by atoms with E-state index in [9.17, 15) is 4.79 Å². The number of likely N-dealkylation sites (tertiary alicyclic amines) is 1. The molecule has 0 radical (unpaired) electrons. The van der Waals surface area contributed by atoms with Gasteiger partial charge in [-0.2, -0.15) is 5.10 Å². The van der Waals surface area contributed by atoms with Crippen molar-refractivity contribution in [2.75, 3.05) is 19.6 Å². The van der Waals surface area contributed by atoms with Crippen LogP contribution in [0.2, 0.25) is 0 Å². The van der Waals surface area contributed by atoms with Gasteiger partial charge in [-0.05, 0) is 57.0 Å². The number of rotatable bonds is 6. The van der Waals surface area contributed by atoms with Crippen LogP contribution in [-0.2, 0) is 6.54 Å². The minimum Gasteiger partial charge on any atom is -0.303 e. The highest BCUT2D eigenvalue weighted by Crippen LogP contribution is 2.20. The van der Waals surface area contributed by atoms with Crippen LogP contribution in [-0.4, -0.2) is 45.1 Å². The van der Waals surface area contributed by atoms with Gasteiger partial charge in [-0.25, -0.2) is 0 Å². The Morgan fingerprint density at radius 2 is 2.26 bits per heavy atom. The quantitative estimate of drug-likeness (QED) is 0.769. The fourth-order valence-corrected chi connectivity index (χ4v) is 3.24. The summed E-state index contributed by atoms with van der Waals surface area (Å²) < 4.78 is 2.00. The van der Waals surface area contributed by atoms with Crippen LogP contribution in [0.3, 0.4) is 0 Å². The predicted molar refractivity (Wildman–Crippen MR) is 89.3 cm³/mol. The molecule has 0 amide bonds. The molecule has 2 aromatic heterocycles. The van der Waals surface area contributed by atoms with E-state index < -0.39 is 0 Å². The molecular formula is C18H24N4O. The summed E-state index contributed by atoms with van der Waals surface area (Å²) in [5.74, 6) is 0.281. The molecule has 5 heteroatoms. The van der Waals surface area contributed by atoms with Crippen LogP contribution in [0.15, 0.2) is 36.8 Å². The maximum absolute atomic E-state index is 12.5. The monoisotopic (exact) mass is 312 g/mol. The third kappa shape index (κ3) is 4.26. The van der Waals surface area contributed by atoms with E-state index in [0.29, 0.717) is 5.69 Å². The van der Waals surface area contributed by atoms with E-state index in [2.05, 4.69) is 28.1 Å². The average Bonchev–Trinajstić information content (AvgIpc) is 3.00. The number of Topliss-reactive ketones (excluding diaryl/α,β-unsaturated/α-hetero) is 1. The lowest BCUT2D eigenvalue weighted by atomic mass is 9.92. The Morgan fingerprint density at radius 1 is 1.35 bits per heavy atom. The van der Waals surface area contributed by atoms with Crippen LogP contribution in [0.4, 0.5) is 0 Å². The Kier molecular flexibility index (Phi) is 5.18. The maximum atomic E-state index is 12.5. The van der Waals surface area contributed by atoms with Gasteiger partial charge in [0, 0.05) is 31.4 Å². The van der Waals surface area contributed by atoms with Gasteiger partial charge in [0.1, 0.15) is 5.69 Å². The van der Waals surface area contributed by atoms with E-state index in [1.807, 2.05) is 29.1 Å². The lowest BCUT2D eigenvalue weighted by molar-refractivity contribution is 0.0812. The van der Waals surface area contributed by atoms with Crippen molar-refractivity contribution in [1.82, 2.24) is 19.7 Å². The smallest absolute Gasteiger partial charge is 0.185 e. The van der Waals surface area contributed by atoms with Gasteiger partial charge in [0.15, 0.2) is 5.78 Å². The number of aryl methyl sites for hydroxylation is 2. The number of carbonyl (C=O) groups excluding carboxylic acids is 1. The number of piperidine rings is 1. The number of pyridine rings is 1. The first kappa shape index (κ1) is 15.9. The highest BCUT2D eigenvalue weighted by molar-refractivity contribution is 5.96. The number of aromatic nitrogens is 3. The van der Waals surface area contributed by atoms with Crippen LogP contribution in [0.1, 0.15) is 35.3 Å². The third-order valence-corrected chi connectivity index (χ3v) is 4.42. The van der Waals surface area contributed by atoms with E-state index in [-0.39, 0.29) is 11.7 Å². The summed E-state index contributed by atoms with van der Waals surface area (Å²) in [5.41, 5.74) is 1.80. The first-order valence-electron chi connectivity index (χ1n) is 8.39. The third-order valence-electron chi connectivity index (χ3n) is 4.42. The molecule has 23 heavy (non-hydrogen) atoms. The van der Waals surface area contributed by atoms with Crippen molar-refractivity contribution in [3.63, 3.8) is 0 Å². The van der Waals surface area contributed by atoms with Crippen LogP contribution in [0.5, 0.6) is 0 Å². The van der Waals surface area contributed by atoms with Crippen molar-refractivity contribution in [3.8, 4) is 0 Å². The van der Waals surface area contributed by atoms with E-state index in [1.165, 1.54) is 5.56 Å². The first-order chi connectivity index (χ1) is 11.2. The normalized spacial score (nSPS) is 18.9.